The maximum absolute atomic E-state index is 5.97. The second-order valence-electron chi connectivity index (χ2n) is 6.01. The monoisotopic (exact) mass is 270 g/mol. The molecule has 0 aromatic heterocycles. The van der Waals surface area contributed by atoms with Crippen LogP contribution in [-0.4, -0.2) is 19.8 Å². The summed E-state index contributed by atoms with van der Waals surface area (Å²) in [6.45, 7) is 4.07. The third-order valence-electron chi connectivity index (χ3n) is 4.60. The van der Waals surface area contributed by atoms with Gasteiger partial charge in [-0.1, -0.05) is 5.92 Å². The lowest BCUT2D eigenvalue weighted by atomic mass is 9.83. The maximum atomic E-state index is 5.97. The van der Waals surface area contributed by atoms with E-state index in [-0.39, 0.29) is 5.41 Å². The van der Waals surface area contributed by atoms with Gasteiger partial charge in [0.1, 0.15) is 0 Å². The molecule has 0 unspecified atom stereocenters. The van der Waals surface area contributed by atoms with E-state index in [1.54, 1.807) is 0 Å². The Kier molecular flexibility index (Phi) is 2.68. The molecular weight excluding hydrogens is 252 g/mol. The SMILES string of the molecule is CC#Cc1ccc(C23OCC(C4CC4)(CO2)CO3)cc1. The highest BCUT2D eigenvalue weighted by Crippen LogP contribution is 2.54. The molecule has 2 bridgehead atoms. The summed E-state index contributed by atoms with van der Waals surface area (Å²) in [5, 5.41) is 0. The van der Waals surface area contributed by atoms with Gasteiger partial charge in [0.2, 0.25) is 0 Å². The van der Waals surface area contributed by atoms with Crippen LogP contribution in [0.1, 0.15) is 30.9 Å². The minimum Gasteiger partial charge on any atom is -0.323 e. The third kappa shape index (κ3) is 1.80. The van der Waals surface area contributed by atoms with E-state index in [0.717, 1.165) is 36.9 Å². The van der Waals surface area contributed by atoms with Crippen molar-refractivity contribution in [2.24, 2.45) is 11.3 Å². The fourth-order valence-corrected chi connectivity index (χ4v) is 3.17. The Morgan fingerprint density at radius 3 is 2.10 bits per heavy atom. The molecule has 5 rings (SSSR count). The number of ether oxygens (including phenoxy) is 3. The Bertz CT molecular complexity index is 550. The predicted molar refractivity (Wildman–Crippen MR) is 73.7 cm³/mol. The first kappa shape index (κ1) is 12.4. The van der Waals surface area contributed by atoms with Crippen LogP contribution in [0.5, 0.6) is 0 Å². The molecule has 104 valence electrons. The van der Waals surface area contributed by atoms with Crippen molar-refractivity contribution in [1.29, 1.82) is 0 Å². The maximum Gasteiger partial charge on any atom is 0.312 e. The second-order valence-corrected chi connectivity index (χ2v) is 6.01. The fourth-order valence-electron chi connectivity index (χ4n) is 3.17. The molecule has 0 amide bonds. The van der Waals surface area contributed by atoms with Gasteiger partial charge >= 0.3 is 5.97 Å². The molecule has 3 aliphatic heterocycles. The highest BCUT2D eigenvalue weighted by atomic mass is 16.9. The van der Waals surface area contributed by atoms with Crippen molar-refractivity contribution in [3.05, 3.63) is 35.4 Å². The van der Waals surface area contributed by atoms with Gasteiger partial charge in [0, 0.05) is 16.5 Å². The van der Waals surface area contributed by atoms with Gasteiger partial charge in [-0.25, -0.2) is 0 Å². The first-order valence-electron chi connectivity index (χ1n) is 7.22. The molecule has 0 radical (unpaired) electrons. The number of hydrogen-bond donors (Lipinski definition) is 0. The zero-order chi connectivity index (χ0) is 13.6. The standard InChI is InChI=1S/C17H18O3/c1-2-3-13-4-6-15(7-5-13)17-18-10-16(11-19-17,12-20-17)14-8-9-14/h4-7,14H,8-12H2,1H3. The molecule has 3 heteroatoms. The van der Waals surface area contributed by atoms with Crippen molar-refractivity contribution in [2.75, 3.05) is 19.8 Å². The Hall–Kier alpha value is -1.34. The minimum atomic E-state index is -0.991. The van der Waals surface area contributed by atoms with Crippen LogP contribution < -0.4 is 0 Å². The Morgan fingerprint density at radius 1 is 1.00 bits per heavy atom. The van der Waals surface area contributed by atoms with Crippen molar-refractivity contribution < 1.29 is 14.2 Å². The summed E-state index contributed by atoms with van der Waals surface area (Å²) in [5.41, 5.74) is 2.02. The van der Waals surface area contributed by atoms with Gasteiger partial charge < -0.3 is 14.2 Å². The van der Waals surface area contributed by atoms with E-state index in [0.29, 0.717) is 0 Å². The third-order valence-corrected chi connectivity index (χ3v) is 4.60. The molecule has 1 aromatic rings. The molecule has 3 nitrogen and oxygen atoms in total. The van der Waals surface area contributed by atoms with Gasteiger partial charge in [-0.3, -0.25) is 0 Å². The molecule has 1 saturated carbocycles. The summed E-state index contributed by atoms with van der Waals surface area (Å²) in [5.74, 6) is 5.66. The van der Waals surface area contributed by atoms with E-state index < -0.39 is 5.97 Å². The van der Waals surface area contributed by atoms with Crippen LogP contribution in [0, 0.1) is 23.2 Å². The number of hydrogen-bond acceptors (Lipinski definition) is 3. The lowest BCUT2D eigenvalue weighted by molar-refractivity contribution is -0.482. The van der Waals surface area contributed by atoms with Crippen molar-refractivity contribution in [3.8, 4) is 11.8 Å². The number of benzene rings is 1. The van der Waals surface area contributed by atoms with Gasteiger partial charge in [0.25, 0.3) is 0 Å². The van der Waals surface area contributed by atoms with E-state index >= 15 is 0 Å². The van der Waals surface area contributed by atoms with Crippen molar-refractivity contribution in [1.82, 2.24) is 0 Å². The number of fused-ring (bicyclic) bond motifs is 3. The van der Waals surface area contributed by atoms with Crippen LogP contribution in [0.3, 0.4) is 0 Å². The van der Waals surface area contributed by atoms with E-state index in [1.807, 2.05) is 31.2 Å². The van der Waals surface area contributed by atoms with Crippen LogP contribution in [0.25, 0.3) is 0 Å². The Labute approximate surface area is 119 Å². The molecule has 1 aliphatic carbocycles. The smallest absolute Gasteiger partial charge is 0.312 e. The molecular formula is C17H18O3. The molecule has 0 spiro atoms. The molecule has 3 saturated heterocycles. The second kappa shape index (κ2) is 4.33. The minimum absolute atomic E-state index is 0.107. The van der Waals surface area contributed by atoms with E-state index in [4.69, 9.17) is 14.2 Å². The van der Waals surface area contributed by atoms with Gasteiger partial charge in [-0.05, 0) is 49.9 Å². The molecule has 4 aliphatic rings. The van der Waals surface area contributed by atoms with Crippen LogP contribution in [0.15, 0.2) is 24.3 Å². The van der Waals surface area contributed by atoms with Crippen LogP contribution in [-0.2, 0) is 20.2 Å². The van der Waals surface area contributed by atoms with Gasteiger partial charge in [-0.2, -0.15) is 0 Å². The zero-order valence-electron chi connectivity index (χ0n) is 11.6. The van der Waals surface area contributed by atoms with Gasteiger partial charge in [0.15, 0.2) is 0 Å². The number of rotatable bonds is 2. The molecule has 20 heavy (non-hydrogen) atoms. The highest BCUT2D eigenvalue weighted by molar-refractivity contribution is 5.36. The van der Waals surface area contributed by atoms with Crippen LogP contribution >= 0.6 is 0 Å². The summed E-state index contributed by atoms with van der Waals surface area (Å²) < 4.78 is 17.9. The van der Waals surface area contributed by atoms with E-state index in [9.17, 15) is 0 Å². The molecule has 3 heterocycles. The first-order valence-corrected chi connectivity index (χ1v) is 7.22. The zero-order valence-corrected chi connectivity index (χ0v) is 11.6. The summed E-state index contributed by atoms with van der Waals surface area (Å²) in [7, 11) is 0. The normalized spacial score (nSPS) is 35.5. The summed E-state index contributed by atoms with van der Waals surface area (Å²) >= 11 is 0. The van der Waals surface area contributed by atoms with E-state index in [1.165, 1.54) is 12.8 Å². The Balaban J connectivity index is 1.58. The van der Waals surface area contributed by atoms with Crippen molar-refractivity contribution in [3.63, 3.8) is 0 Å². The molecule has 0 atom stereocenters. The predicted octanol–water partition coefficient (Wildman–Crippen LogP) is 2.64. The van der Waals surface area contributed by atoms with Crippen LogP contribution in [0.4, 0.5) is 0 Å². The summed E-state index contributed by atoms with van der Waals surface area (Å²) in [6, 6.07) is 7.92. The van der Waals surface area contributed by atoms with Gasteiger partial charge in [0.05, 0.1) is 19.8 Å². The molecule has 1 aromatic carbocycles. The Morgan fingerprint density at radius 2 is 1.60 bits per heavy atom. The lowest BCUT2D eigenvalue weighted by Gasteiger charge is -2.52. The summed E-state index contributed by atoms with van der Waals surface area (Å²) in [6.07, 6.45) is 2.57. The van der Waals surface area contributed by atoms with Crippen LogP contribution in [0.2, 0.25) is 0 Å². The van der Waals surface area contributed by atoms with Crippen molar-refractivity contribution in [2.45, 2.75) is 25.7 Å². The quantitative estimate of drug-likeness (QED) is 0.773. The van der Waals surface area contributed by atoms with Gasteiger partial charge in [-0.15, -0.1) is 5.92 Å². The van der Waals surface area contributed by atoms with Crippen molar-refractivity contribution >= 4 is 0 Å². The first-order chi connectivity index (χ1) is 9.76. The average Bonchev–Trinajstić information content (AvgIpc) is 3.35. The summed E-state index contributed by atoms with van der Waals surface area (Å²) in [4.78, 5) is 0. The molecule has 0 N–H and O–H groups in total. The average molecular weight is 270 g/mol. The highest BCUT2D eigenvalue weighted by Gasteiger charge is 2.58. The topological polar surface area (TPSA) is 27.7 Å². The largest absolute Gasteiger partial charge is 0.323 e. The molecule has 4 fully saturated rings. The van der Waals surface area contributed by atoms with E-state index in [2.05, 4.69) is 11.8 Å². The fraction of sp³-hybridized carbons (Fsp3) is 0.529. The lowest BCUT2D eigenvalue weighted by Crippen LogP contribution is -2.59.